The quantitative estimate of drug-likeness (QED) is 0.801. The summed E-state index contributed by atoms with van der Waals surface area (Å²) in [5.74, 6) is 0. The third kappa shape index (κ3) is 1.78. The van der Waals surface area contributed by atoms with Crippen LogP contribution in [-0.2, 0) is 7.05 Å². The minimum Gasteiger partial charge on any atom is -0.368 e. The van der Waals surface area contributed by atoms with Crippen LogP contribution in [-0.4, -0.2) is 36.0 Å². The molecule has 0 aliphatic carbocycles. The van der Waals surface area contributed by atoms with E-state index >= 15 is 0 Å². The maximum absolute atomic E-state index is 4.54. The van der Waals surface area contributed by atoms with E-state index in [0.29, 0.717) is 0 Å². The number of nitrogens with zero attached hydrogens (tertiary/aromatic N) is 3. The van der Waals surface area contributed by atoms with E-state index in [1.165, 1.54) is 16.6 Å². The fourth-order valence-corrected chi connectivity index (χ4v) is 2.52. The van der Waals surface area contributed by atoms with E-state index in [4.69, 9.17) is 0 Å². The van der Waals surface area contributed by atoms with Crippen LogP contribution in [0.2, 0.25) is 0 Å². The first-order valence-corrected chi connectivity index (χ1v) is 6.14. The molecule has 0 bridgehead atoms. The van der Waals surface area contributed by atoms with Crippen LogP contribution in [0.25, 0.3) is 10.9 Å². The van der Waals surface area contributed by atoms with Gasteiger partial charge in [0.1, 0.15) is 0 Å². The maximum atomic E-state index is 4.54. The number of benzene rings is 1. The summed E-state index contributed by atoms with van der Waals surface area (Å²) in [6.07, 6.45) is 2.12. The number of anilines is 1. The maximum Gasteiger partial charge on any atom is 0.0973 e. The van der Waals surface area contributed by atoms with Gasteiger partial charge in [0, 0.05) is 50.5 Å². The molecule has 1 aliphatic heterocycles. The average Bonchev–Trinajstić information content (AvgIpc) is 2.73. The van der Waals surface area contributed by atoms with Gasteiger partial charge < -0.3 is 10.2 Å². The lowest BCUT2D eigenvalue weighted by Gasteiger charge is -2.30. The van der Waals surface area contributed by atoms with Crippen LogP contribution in [0.3, 0.4) is 0 Å². The van der Waals surface area contributed by atoms with E-state index in [1.54, 1.807) is 0 Å². The molecule has 0 radical (unpaired) electrons. The summed E-state index contributed by atoms with van der Waals surface area (Å²) in [5, 5.41) is 9.20. The first-order valence-electron chi connectivity index (χ1n) is 6.14. The highest BCUT2D eigenvalue weighted by molar-refractivity contribution is 5.93. The summed E-state index contributed by atoms with van der Waals surface area (Å²) in [5.41, 5.74) is 3.70. The molecular formula is C13H18N4. The number of nitrogens with one attached hydrogen (secondary N) is 1. The topological polar surface area (TPSA) is 33.1 Å². The predicted octanol–water partition coefficient (Wildman–Crippen LogP) is 1.29. The number of piperazine rings is 1. The van der Waals surface area contributed by atoms with Crippen LogP contribution in [0.5, 0.6) is 0 Å². The lowest BCUT2D eigenvalue weighted by Crippen LogP contribution is -2.43. The second kappa shape index (κ2) is 4.04. The fourth-order valence-electron chi connectivity index (χ4n) is 2.52. The standard InChI is InChI=1S/C13H18N4/c1-10-3-4-12(17-7-5-14-6-8-17)11-9-16(2)15-13(10)11/h3-4,9,14H,5-8H2,1-2H3. The monoisotopic (exact) mass is 230 g/mol. The molecular weight excluding hydrogens is 212 g/mol. The predicted molar refractivity (Wildman–Crippen MR) is 70.5 cm³/mol. The van der Waals surface area contributed by atoms with Gasteiger partial charge in [0.2, 0.25) is 0 Å². The highest BCUT2D eigenvalue weighted by atomic mass is 15.3. The number of hydrogen-bond acceptors (Lipinski definition) is 3. The van der Waals surface area contributed by atoms with Crippen molar-refractivity contribution >= 4 is 16.6 Å². The third-order valence-corrected chi connectivity index (χ3v) is 3.43. The number of aryl methyl sites for hydroxylation is 2. The summed E-state index contributed by atoms with van der Waals surface area (Å²) in [7, 11) is 1.99. The van der Waals surface area contributed by atoms with E-state index < -0.39 is 0 Å². The largest absolute Gasteiger partial charge is 0.368 e. The highest BCUT2D eigenvalue weighted by Gasteiger charge is 2.15. The van der Waals surface area contributed by atoms with E-state index in [1.807, 2.05) is 11.7 Å². The molecule has 2 heterocycles. The van der Waals surface area contributed by atoms with Crippen LogP contribution in [0.4, 0.5) is 5.69 Å². The summed E-state index contributed by atoms with van der Waals surface area (Å²) >= 11 is 0. The fraction of sp³-hybridized carbons (Fsp3) is 0.462. The van der Waals surface area contributed by atoms with Gasteiger partial charge in [0.15, 0.2) is 0 Å². The summed E-state index contributed by atoms with van der Waals surface area (Å²) < 4.78 is 1.91. The molecule has 0 unspecified atom stereocenters. The van der Waals surface area contributed by atoms with Gasteiger partial charge in [0.25, 0.3) is 0 Å². The van der Waals surface area contributed by atoms with Crippen molar-refractivity contribution in [2.75, 3.05) is 31.1 Å². The van der Waals surface area contributed by atoms with Crippen LogP contribution < -0.4 is 10.2 Å². The zero-order valence-corrected chi connectivity index (χ0v) is 10.4. The lowest BCUT2D eigenvalue weighted by molar-refractivity contribution is 0.590. The van der Waals surface area contributed by atoms with Gasteiger partial charge >= 0.3 is 0 Å². The zero-order chi connectivity index (χ0) is 11.8. The number of hydrogen-bond donors (Lipinski definition) is 1. The van der Waals surface area contributed by atoms with E-state index in [0.717, 1.165) is 31.7 Å². The second-order valence-corrected chi connectivity index (χ2v) is 4.70. The molecule has 4 heteroatoms. The van der Waals surface area contributed by atoms with Crippen molar-refractivity contribution < 1.29 is 0 Å². The Bertz CT molecular complexity index is 538. The van der Waals surface area contributed by atoms with E-state index in [2.05, 4.69) is 40.6 Å². The molecule has 1 aromatic carbocycles. The van der Waals surface area contributed by atoms with E-state index in [9.17, 15) is 0 Å². The summed E-state index contributed by atoms with van der Waals surface area (Å²) in [6, 6.07) is 4.40. The van der Waals surface area contributed by atoms with Crippen LogP contribution in [0.15, 0.2) is 18.3 Å². The van der Waals surface area contributed by atoms with Crippen molar-refractivity contribution in [3.05, 3.63) is 23.9 Å². The Morgan fingerprint density at radius 3 is 2.76 bits per heavy atom. The Morgan fingerprint density at radius 2 is 2.00 bits per heavy atom. The van der Waals surface area contributed by atoms with E-state index in [-0.39, 0.29) is 0 Å². The molecule has 17 heavy (non-hydrogen) atoms. The van der Waals surface area contributed by atoms with Gasteiger partial charge in [-0.3, -0.25) is 4.68 Å². The minimum absolute atomic E-state index is 1.07. The van der Waals surface area contributed by atoms with Gasteiger partial charge in [-0.05, 0) is 18.6 Å². The van der Waals surface area contributed by atoms with Crippen molar-refractivity contribution in [1.29, 1.82) is 0 Å². The number of aromatic nitrogens is 2. The van der Waals surface area contributed by atoms with Crippen molar-refractivity contribution in [3.8, 4) is 0 Å². The molecule has 0 atom stereocenters. The van der Waals surface area contributed by atoms with Gasteiger partial charge in [-0.1, -0.05) is 6.07 Å². The van der Waals surface area contributed by atoms with Crippen molar-refractivity contribution in [1.82, 2.24) is 15.1 Å². The molecule has 1 fully saturated rings. The molecule has 1 aliphatic rings. The Hall–Kier alpha value is -1.55. The molecule has 0 amide bonds. The summed E-state index contributed by atoms with van der Waals surface area (Å²) in [4.78, 5) is 2.44. The average molecular weight is 230 g/mol. The van der Waals surface area contributed by atoms with Crippen LogP contribution in [0, 0.1) is 6.92 Å². The smallest absolute Gasteiger partial charge is 0.0973 e. The molecule has 4 nitrogen and oxygen atoms in total. The molecule has 0 spiro atoms. The van der Waals surface area contributed by atoms with Crippen LogP contribution >= 0.6 is 0 Å². The zero-order valence-electron chi connectivity index (χ0n) is 10.4. The Morgan fingerprint density at radius 1 is 1.24 bits per heavy atom. The second-order valence-electron chi connectivity index (χ2n) is 4.70. The normalized spacial score (nSPS) is 16.7. The Labute approximate surface area is 101 Å². The van der Waals surface area contributed by atoms with Gasteiger partial charge in [-0.25, -0.2) is 0 Å². The third-order valence-electron chi connectivity index (χ3n) is 3.43. The van der Waals surface area contributed by atoms with Gasteiger partial charge in [0.05, 0.1) is 5.52 Å². The van der Waals surface area contributed by atoms with Crippen molar-refractivity contribution in [2.24, 2.45) is 7.05 Å². The number of fused-ring (bicyclic) bond motifs is 1. The summed E-state index contributed by atoms with van der Waals surface area (Å²) in [6.45, 7) is 6.41. The first kappa shape index (κ1) is 10.6. The SMILES string of the molecule is Cc1ccc(N2CCNCC2)c2cn(C)nc12. The number of rotatable bonds is 1. The molecule has 1 aromatic heterocycles. The molecule has 1 saturated heterocycles. The van der Waals surface area contributed by atoms with Crippen LogP contribution in [0.1, 0.15) is 5.56 Å². The molecule has 1 N–H and O–H groups in total. The van der Waals surface area contributed by atoms with Crippen molar-refractivity contribution in [3.63, 3.8) is 0 Å². The minimum atomic E-state index is 1.07. The highest BCUT2D eigenvalue weighted by Crippen LogP contribution is 2.28. The van der Waals surface area contributed by atoms with Gasteiger partial charge in [-0.15, -0.1) is 0 Å². The van der Waals surface area contributed by atoms with Gasteiger partial charge in [-0.2, -0.15) is 5.10 Å². The first-order chi connectivity index (χ1) is 8.25. The molecule has 0 saturated carbocycles. The molecule has 2 aromatic rings. The lowest BCUT2D eigenvalue weighted by atomic mass is 10.1. The molecule has 3 rings (SSSR count). The Balaban J connectivity index is 2.12. The van der Waals surface area contributed by atoms with Crippen molar-refractivity contribution in [2.45, 2.75) is 6.92 Å². The molecule has 90 valence electrons. The Kier molecular flexibility index (Phi) is 2.52.